The van der Waals surface area contributed by atoms with Crippen LogP contribution in [-0.2, 0) is 4.74 Å². The van der Waals surface area contributed by atoms with Crippen molar-refractivity contribution in [1.82, 2.24) is 4.90 Å². The van der Waals surface area contributed by atoms with Crippen LogP contribution in [-0.4, -0.2) is 42.8 Å². The van der Waals surface area contributed by atoms with Crippen molar-refractivity contribution in [3.63, 3.8) is 0 Å². The zero-order chi connectivity index (χ0) is 12.4. The van der Waals surface area contributed by atoms with Crippen molar-refractivity contribution in [3.05, 3.63) is 0 Å². The van der Waals surface area contributed by atoms with Gasteiger partial charge in [0.15, 0.2) is 0 Å². The summed E-state index contributed by atoms with van der Waals surface area (Å²) < 4.78 is 5.90. The molecule has 3 heteroatoms. The van der Waals surface area contributed by atoms with Gasteiger partial charge in [-0.15, -0.1) is 0 Å². The molecule has 1 unspecified atom stereocenters. The Morgan fingerprint density at radius 3 is 2.56 bits per heavy atom. The molecule has 0 aromatic carbocycles. The van der Waals surface area contributed by atoms with E-state index < -0.39 is 0 Å². The summed E-state index contributed by atoms with van der Waals surface area (Å²) in [7, 11) is 0. The van der Waals surface area contributed by atoms with Gasteiger partial charge in [-0.1, -0.05) is 13.8 Å². The van der Waals surface area contributed by atoms with Crippen molar-refractivity contribution in [1.29, 1.82) is 0 Å². The minimum Gasteiger partial charge on any atom is -0.370 e. The van der Waals surface area contributed by atoms with Gasteiger partial charge >= 0.3 is 0 Å². The quantitative estimate of drug-likeness (QED) is 0.798. The maximum absolute atomic E-state index is 5.90. The summed E-state index contributed by atoms with van der Waals surface area (Å²) in [5, 5.41) is 0. The van der Waals surface area contributed by atoms with Crippen molar-refractivity contribution in [2.24, 2.45) is 11.1 Å². The van der Waals surface area contributed by atoms with Gasteiger partial charge in [-0.25, -0.2) is 0 Å². The molecule has 1 saturated heterocycles. The van der Waals surface area contributed by atoms with Crippen LogP contribution in [0.25, 0.3) is 0 Å². The van der Waals surface area contributed by atoms with E-state index in [0.717, 1.165) is 32.6 Å². The lowest BCUT2D eigenvalue weighted by molar-refractivity contribution is -0.129. The highest BCUT2D eigenvalue weighted by molar-refractivity contribution is 4.83. The normalized spacial score (nSPS) is 27.0. The zero-order valence-corrected chi connectivity index (χ0v) is 11.5. The highest BCUT2D eigenvalue weighted by atomic mass is 16.5. The summed E-state index contributed by atoms with van der Waals surface area (Å²) >= 11 is 0. The molecule has 0 spiro atoms. The Labute approximate surface area is 100 Å². The molecule has 0 aromatic rings. The summed E-state index contributed by atoms with van der Waals surface area (Å²) in [6.07, 6.45) is 1.50. The number of hydrogen-bond donors (Lipinski definition) is 1. The van der Waals surface area contributed by atoms with Crippen LogP contribution >= 0.6 is 0 Å². The van der Waals surface area contributed by atoms with Gasteiger partial charge in [0.2, 0.25) is 0 Å². The van der Waals surface area contributed by atoms with Crippen molar-refractivity contribution in [2.45, 2.75) is 52.7 Å². The molecular formula is C13H28N2O. The lowest BCUT2D eigenvalue weighted by Crippen LogP contribution is -2.52. The largest absolute Gasteiger partial charge is 0.370 e. The zero-order valence-electron chi connectivity index (χ0n) is 11.5. The van der Waals surface area contributed by atoms with Crippen molar-refractivity contribution in [2.75, 3.05) is 26.2 Å². The Kier molecular flexibility index (Phi) is 4.38. The van der Waals surface area contributed by atoms with E-state index in [1.165, 1.54) is 0 Å². The van der Waals surface area contributed by atoms with Crippen molar-refractivity contribution < 1.29 is 4.74 Å². The highest BCUT2D eigenvalue weighted by Gasteiger charge is 2.31. The van der Waals surface area contributed by atoms with E-state index in [0.29, 0.717) is 6.10 Å². The lowest BCUT2D eigenvalue weighted by atomic mass is 9.89. The molecule has 1 fully saturated rings. The first kappa shape index (κ1) is 13.9. The molecule has 2 N–H and O–H groups in total. The van der Waals surface area contributed by atoms with E-state index in [4.69, 9.17) is 10.5 Å². The number of hydrogen-bond acceptors (Lipinski definition) is 3. The number of nitrogens with zero attached hydrogens (tertiary/aromatic N) is 1. The van der Waals surface area contributed by atoms with Crippen LogP contribution < -0.4 is 5.73 Å². The van der Waals surface area contributed by atoms with Crippen LogP contribution in [0.4, 0.5) is 0 Å². The lowest BCUT2D eigenvalue weighted by Gasteiger charge is -2.42. The third kappa shape index (κ3) is 4.40. The molecule has 0 saturated carbocycles. The standard InChI is InChI=1S/C13H28N2O/c1-11-8-15(10-13(4,5)16-11)7-6-12(2,3)9-14/h11H,6-10,14H2,1-5H3. The second-order valence-electron chi connectivity index (χ2n) is 6.54. The number of rotatable bonds is 4. The van der Waals surface area contributed by atoms with Crippen LogP contribution in [0.15, 0.2) is 0 Å². The molecule has 16 heavy (non-hydrogen) atoms. The molecule has 0 bridgehead atoms. The molecule has 0 radical (unpaired) electrons. The molecule has 1 aliphatic rings. The van der Waals surface area contributed by atoms with E-state index in [9.17, 15) is 0 Å². The third-order valence-corrected chi connectivity index (χ3v) is 3.30. The molecular weight excluding hydrogens is 200 g/mol. The topological polar surface area (TPSA) is 38.5 Å². The average Bonchev–Trinajstić information content (AvgIpc) is 2.12. The Hall–Kier alpha value is -0.120. The second kappa shape index (κ2) is 5.03. The van der Waals surface area contributed by atoms with E-state index in [1.54, 1.807) is 0 Å². The van der Waals surface area contributed by atoms with Gasteiger partial charge in [0.25, 0.3) is 0 Å². The third-order valence-electron chi connectivity index (χ3n) is 3.30. The van der Waals surface area contributed by atoms with Gasteiger partial charge in [0.1, 0.15) is 0 Å². The first-order valence-electron chi connectivity index (χ1n) is 6.34. The Morgan fingerprint density at radius 2 is 2.06 bits per heavy atom. The summed E-state index contributed by atoms with van der Waals surface area (Å²) in [4.78, 5) is 2.51. The summed E-state index contributed by atoms with van der Waals surface area (Å²) in [6.45, 7) is 14.9. The summed E-state index contributed by atoms with van der Waals surface area (Å²) in [5.74, 6) is 0. The predicted octanol–water partition coefficient (Wildman–Crippen LogP) is 1.86. The first-order chi connectivity index (χ1) is 7.24. The predicted molar refractivity (Wildman–Crippen MR) is 68.5 cm³/mol. The summed E-state index contributed by atoms with van der Waals surface area (Å²) in [6, 6.07) is 0. The number of morpholine rings is 1. The molecule has 96 valence electrons. The molecule has 1 aliphatic heterocycles. The van der Waals surface area contributed by atoms with E-state index in [-0.39, 0.29) is 11.0 Å². The van der Waals surface area contributed by atoms with E-state index in [1.807, 2.05) is 0 Å². The highest BCUT2D eigenvalue weighted by Crippen LogP contribution is 2.24. The van der Waals surface area contributed by atoms with Crippen LogP contribution in [0.1, 0.15) is 41.0 Å². The maximum atomic E-state index is 5.90. The Morgan fingerprint density at radius 1 is 1.44 bits per heavy atom. The first-order valence-corrected chi connectivity index (χ1v) is 6.34. The Bertz CT molecular complexity index is 226. The van der Waals surface area contributed by atoms with Crippen LogP contribution in [0.3, 0.4) is 0 Å². The van der Waals surface area contributed by atoms with Gasteiger partial charge in [0, 0.05) is 13.1 Å². The molecule has 0 amide bonds. The average molecular weight is 228 g/mol. The minimum absolute atomic E-state index is 0.00940. The van der Waals surface area contributed by atoms with Crippen molar-refractivity contribution in [3.8, 4) is 0 Å². The van der Waals surface area contributed by atoms with Crippen LogP contribution in [0.2, 0.25) is 0 Å². The summed E-state index contributed by atoms with van der Waals surface area (Å²) in [5.41, 5.74) is 6.01. The fourth-order valence-corrected chi connectivity index (χ4v) is 2.32. The SMILES string of the molecule is CC1CN(CCC(C)(C)CN)CC(C)(C)O1. The van der Waals surface area contributed by atoms with Gasteiger partial charge < -0.3 is 10.5 Å². The molecule has 1 rings (SSSR count). The molecule has 1 atom stereocenters. The molecule has 0 aliphatic carbocycles. The molecule has 3 nitrogen and oxygen atoms in total. The monoisotopic (exact) mass is 228 g/mol. The second-order valence-corrected chi connectivity index (χ2v) is 6.54. The fourth-order valence-electron chi connectivity index (χ4n) is 2.32. The van der Waals surface area contributed by atoms with E-state index >= 15 is 0 Å². The van der Waals surface area contributed by atoms with Gasteiger partial charge in [-0.2, -0.15) is 0 Å². The van der Waals surface area contributed by atoms with Gasteiger partial charge in [-0.3, -0.25) is 4.90 Å². The van der Waals surface area contributed by atoms with Gasteiger partial charge in [0.05, 0.1) is 11.7 Å². The van der Waals surface area contributed by atoms with Crippen LogP contribution in [0, 0.1) is 5.41 Å². The van der Waals surface area contributed by atoms with Crippen molar-refractivity contribution >= 4 is 0 Å². The maximum Gasteiger partial charge on any atom is 0.0757 e. The molecule has 1 heterocycles. The van der Waals surface area contributed by atoms with E-state index in [2.05, 4.69) is 39.5 Å². The van der Waals surface area contributed by atoms with Gasteiger partial charge in [-0.05, 0) is 45.7 Å². The smallest absolute Gasteiger partial charge is 0.0757 e. The Balaban J connectivity index is 2.43. The molecule has 0 aromatic heterocycles. The number of nitrogens with two attached hydrogens (primary N) is 1. The minimum atomic E-state index is -0.00940. The van der Waals surface area contributed by atoms with Crippen LogP contribution in [0.5, 0.6) is 0 Å². The fraction of sp³-hybridized carbons (Fsp3) is 1.00. The number of ether oxygens (including phenoxy) is 1.